The Morgan fingerprint density at radius 1 is 1.11 bits per heavy atom. The van der Waals surface area contributed by atoms with Crippen LogP contribution in [0.5, 0.6) is 0 Å². The van der Waals surface area contributed by atoms with Crippen LogP contribution in [0.1, 0.15) is 38.5 Å². The van der Waals surface area contributed by atoms with Gasteiger partial charge in [-0.25, -0.2) is 4.79 Å². The average molecular weight is 272 g/mol. The van der Waals surface area contributed by atoms with Gasteiger partial charge in [-0.15, -0.1) is 0 Å². The fourth-order valence-electron chi connectivity index (χ4n) is 2.01. The van der Waals surface area contributed by atoms with Crippen molar-refractivity contribution in [2.45, 2.75) is 50.6 Å². The zero-order chi connectivity index (χ0) is 14.3. The molecule has 108 valence electrons. The van der Waals surface area contributed by atoms with E-state index in [1.165, 1.54) is 0 Å². The molecule has 7 nitrogen and oxygen atoms in total. The van der Waals surface area contributed by atoms with E-state index in [4.69, 9.17) is 10.2 Å². The van der Waals surface area contributed by atoms with Gasteiger partial charge in [0.15, 0.2) is 0 Å². The summed E-state index contributed by atoms with van der Waals surface area (Å²) in [7, 11) is 0. The molecule has 0 radical (unpaired) electrons. The molecule has 0 bridgehead atoms. The summed E-state index contributed by atoms with van der Waals surface area (Å²) in [6.45, 7) is 0.0751. The number of nitrogens with one attached hydrogen (secondary N) is 2. The number of hydrogen-bond donors (Lipinski definition) is 4. The normalized spacial score (nSPS) is 26.6. The van der Waals surface area contributed by atoms with Crippen molar-refractivity contribution in [3.63, 3.8) is 0 Å². The van der Waals surface area contributed by atoms with E-state index in [0.29, 0.717) is 25.7 Å². The van der Waals surface area contributed by atoms with E-state index in [2.05, 4.69) is 10.6 Å². The summed E-state index contributed by atoms with van der Waals surface area (Å²) < 4.78 is 0. The van der Waals surface area contributed by atoms with Gasteiger partial charge in [0.05, 0.1) is 12.6 Å². The van der Waals surface area contributed by atoms with E-state index < -0.39 is 12.0 Å². The van der Waals surface area contributed by atoms with Gasteiger partial charge in [0.25, 0.3) is 0 Å². The Bertz CT molecular complexity index is 343. The van der Waals surface area contributed by atoms with Gasteiger partial charge in [-0.05, 0) is 25.7 Å². The van der Waals surface area contributed by atoms with Crippen LogP contribution in [0.3, 0.4) is 0 Å². The van der Waals surface area contributed by atoms with Crippen molar-refractivity contribution in [1.82, 2.24) is 10.6 Å². The minimum absolute atomic E-state index is 0.0197. The summed E-state index contributed by atoms with van der Waals surface area (Å²) in [4.78, 5) is 31.5. The lowest BCUT2D eigenvalue weighted by Crippen LogP contribution is -2.43. The molecule has 0 aliphatic carbocycles. The molecule has 4 N–H and O–H groups in total. The molecule has 0 unspecified atom stereocenters. The van der Waals surface area contributed by atoms with Crippen LogP contribution in [0.15, 0.2) is 0 Å². The summed E-state index contributed by atoms with van der Waals surface area (Å²) in [5.74, 6) is -1.02. The molecule has 2 aliphatic rings. The molecule has 0 saturated carbocycles. The highest BCUT2D eigenvalue weighted by atomic mass is 16.4. The van der Waals surface area contributed by atoms with Gasteiger partial charge in [0, 0.05) is 12.8 Å². The Morgan fingerprint density at radius 3 is 2.05 bits per heavy atom. The van der Waals surface area contributed by atoms with Crippen molar-refractivity contribution in [1.29, 1.82) is 0 Å². The van der Waals surface area contributed by atoms with E-state index in [1.54, 1.807) is 0 Å². The molecule has 2 fully saturated rings. The van der Waals surface area contributed by atoms with E-state index in [1.807, 2.05) is 0 Å². The first-order chi connectivity index (χ1) is 9.02. The molecule has 0 spiro atoms. The number of aliphatic hydroxyl groups is 1. The average Bonchev–Trinajstić information content (AvgIpc) is 2.39. The first kappa shape index (κ1) is 15.4. The fourth-order valence-corrected chi connectivity index (χ4v) is 2.01. The SMILES string of the molecule is O=C1CCC[C@@H](C(=O)O)N1.O=C1CCC[C@@H](CO)N1. The Hall–Kier alpha value is -1.63. The number of aliphatic carboxylic acids is 1. The van der Waals surface area contributed by atoms with Crippen LogP contribution < -0.4 is 10.6 Å². The smallest absolute Gasteiger partial charge is 0.326 e. The third-order valence-electron chi connectivity index (χ3n) is 3.07. The molecule has 7 heteroatoms. The summed E-state index contributed by atoms with van der Waals surface area (Å²) in [5.41, 5.74) is 0. The summed E-state index contributed by atoms with van der Waals surface area (Å²) in [6.07, 6.45) is 4.16. The Kier molecular flexibility index (Phi) is 6.27. The van der Waals surface area contributed by atoms with Gasteiger partial charge in [-0.3, -0.25) is 9.59 Å². The molecule has 2 heterocycles. The maximum Gasteiger partial charge on any atom is 0.326 e. The highest BCUT2D eigenvalue weighted by molar-refractivity contribution is 5.84. The maximum atomic E-state index is 10.6. The van der Waals surface area contributed by atoms with E-state index in [0.717, 1.165) is 12.8 Å². The molecule has 2 saturated heterocycles. The molecular formula is C12H20N2O5. The van der Waals surface area contributed by atoms with Gasteiger partial charge in [0.1, 0.15) is 6.04 Å². The number of aliphatic hydroxyl groups excluding tert-OH is 1. The van der Waals surface area contributed by atoms with Crippen molar-refractivity contribution < 1.29 is 24.6 Å². The second-order valence-electron chi connectivity index (χ2n) is 4.69. The topological polar surface area (TPSA) is 116 Å². The third kappa shape index (κ3) is 5.69. The minimum Gasteiger partial charge on any atom is -0.480 e. The van der Waals surface area contributed by atoms with Crippen LogP contribution in [0.2, 0.25) is 0 Å². The van der Waals surface area contributed by atoms with Gasteiger partial charge < -0.3 is 20.8 Å². The molecule has 2 atom stereocenters. The monoisotopic (exact) mass is 272 g/mol. The summed E-state index contributed by atoms with van der Waals surface area (Å²) >= 11 is 0. The molecule has 0 aromatic rings. The van der Waals surface area contributed by atoms with Crippen LogP contribution >= 0.6 is 0 Å². The third-order valence-corrected chi connectivity index (χ3v) is 3.07. The Morgan fingerprint density at radius 2 is 1.68 bits per heavy atom. The lowest BCUT2D eigenvalue weighted by molar-refractivity contribution is -0.143. The predicted octanol–water partition coefficient (Wildman–Crippen LogP) is -0.613. The number of piperidine rings is 2. The number of carboxylic acid groups (broad SMARTS) is 1. The molecule has 0 aromatic heterocycles. The van der Waals surface area contributed by atoms with E-state index >= 15 is 0 Å². The zero-order valence-electron chi connectivity index (χ0n) is 10.7. The molecule has 19 heavy (non-hydrogen) atoms. The molecular weight excluding hydrogens is 252 g/mol. The molecule has 2 aliphatic heterocycles. The largest absolute Gasteiger partial charge is 0.480 e. The Balaban J connectivity index is 0.000000191. The first-order valence-electron chi connectivity index (χ1n) is 6.45. The summed E-state index contributed by atoms with van der Waals surface area (Å²) in [6, 6.07) is -0.632. The van der Waals surface area contributed by atoms with Gasteiger partial charge in [0.2, 0.25) is 11.8 Å². The number of rotatable bonds is 2. The standard InChI is InChI=1S/C6H9NO3.C6H11NO2/c8-5-3-1-2-4(7-5)6(9)10;8-4-5-2-1-3-6(9)7-5/h4H,1-3H2,(H,7,8)(H,9,10);5,8H,1-4H2,(H,7,9)/t4-;5-/m00/s1. The van der Waals surface area contributed by atoms with Crippen molar-refractivity contribution >= 4 is 17.8 Å². The minimum atomic E-state index is -0.937. The quantitative estimate of drug-likeness (QED) is 0.535. The number of hydrogen-bond acceptors (Lipinski definition) is 4. The highest BCUT2D eigenvalue weighted by Gasteiger charge is 2.23. The number of carbonyl (C=O) groups is 3. The molecule has 2 rings (SSSR count). The van der Waals surface area contributed by atoms with E-state index in [-0.39, 0.29) is 24.5 Å². The summed E-state index contributed by atoms with van der Waals surface area (Å²) in [5, 5.41) is 22.1. The zero-order valence-corrected chi connectivity index (χ0v) is 10.7. The lowest BCUT2D eigenvalue weighted by atomic mass is 10.1. The fraction of sp³-hybridized carbons (Fsp3) is 0.750. The van der Waals surface area contributed by atoms with Gasteiger partial charge in [-0.2, -0.15) is 0 Å². The van der Waals surface area contributed by atoms with Gasteiger partial charge >= 0.3 is 5.97 Å². The first-order valence-corrected chi connectivity index (χ1v) is 6.45. The van der Waals surface area contributed by atoms with Crippen molar-refractivity contribution in [3.05, 3.63) is 0 Å². The highest BCUT2D eigenvalue weighted by Crippen LogP contribution is 2.07. The van der Waals surface area contributed by atoms with Crippen molar-refractivity contribution in [2.75, 3.05) is 6.61 Å². The van der Waals surface area contributed by atoms with Crippen LogP contribution in [0, 0.1) is 0 Å². The van der Waals surface area contributed by atoms with Gasteiger partial charge in [-0.1, -0.05) is 0 Å². The predicted molar refractivity (Wildman–Crippen MR) is 66.3 cm³/mol. The van der Waals surface area contributed by atoms with Crippen LogP contribution in [-0.4, -0.2) is 46.7 Å². The number of carboxylic acids is 1. The second-order valence-corrected chi connectivity index (χ2v) is 4.69. The van der Waals surface area contributed by atoms with E-state index in [9.17, 15) is 14.4 Å². The maximum absolute atomic E-state index is 10.6. The number of carbonyl (C=O) groups excluding carboxylic acids is 2. The van der Waals surface area contributed by atoms with Crippen LogP contribution in [0.4, 0.5) is 0 Å². The van der Waals surface area contributed by atoms with Crippen molar-refractivity contribution in [3.8, 4) is 0 Å². The Labute approximate surface area is 111 Å². The number of amides is 2. The molecule has 0 aromatic carbocycles. The van der Waals surface area contributed by atoms with Crippen molar-refractivity contribution in [2.24, 2.45) is 0 Å². The van der Waals surface area contributed by atoms with Crippen LogP contribution in [0.25, 0.3) is 0 Å². The second kappa shape index (κ2) is 7.73. The molecule has 2 amide bonds. The van der Waals surface area contributed by atoms with Crippen LogP contribution in [-0.2, 0) is 14.4 Å². The lowest BCUT2D eigenvalue weighted by Gasteiger charge is -2.20.